The van der Waals surface area contributed by atoms with Crippen LogP contribution in [-0.4, -0.2) is 25.2 Å². The summed E-state index contributed by atoms with van der Waals surface area (Å²) in [5, 5.41) is 0. The summed E-state index contributed by atoms with van der Waals surface area (Å²) in [6.45, 7) is -0.162. The highest BCUT2D eigenvalue weighted by Gasteiger charge is 2.22. The van der Waals surface area contributed by atoms with Gasteiger partial charge in [-0.3, -0.25) is 4.79 Å². The van der Waals surface area contributed by atoms with Gasteiger partial charge in [0.2, 0.25) is 5.88 Å². The maximum atomic E-state index is 13.0. The van der Waals surface area contributed by atoms with Gasteiger partial charge in [-0.2, -0.15) is 0 Å². The number of esters is 1. The van der Waals surface area contributed by atoms with Crippen molar-refractivity contribution in [1.29, 1.82) is 0 Å². The van der Waals surface area contributed by atoms with Crippen molar-refractivity contribution in [2.24, 2.45) is 5.73 Å². The third kappa shape index (κ3) is 3.13. The summed E-state index contributed by atoms with van der Waals surface area (Å²) in [4.78, 5) is 15.0. The Hall–Kier alpha value is -1.76. The zero-order valence-corrected chi connectivity index (χ0v) is 10.1. The van der Waals surface area contributed by atoms with Gasteiger partial charge in [-0.25, -0.2) is 13.8 Å². The monoisotopic (exact) mass is 260 g/mol. The molecule has 0 saturated carbocycles. The number of nitrogens with zero attached hydrogens (tertiary/aromatic N) is 1. The normalized spacial score (nSPS) is 10.6. The molecule has 0 saturated heterocycles. The third-order valence-corrected chi connectivity index (χ3v) is 2.38. The zero-order valence-electron chi connectivity index (χ0n) is 10.1. The molecule has 1 rings (SSSR count). The second-order valence-electron chi connectivity index (χ2n) is 3.44. The van der Waals surface area contributed by atoms with Crippen LogP contribution in [0.25, 0.3) is 0 Å². The molecule has 0 atom stereocenters. The van der Waals surface area contributed by atoms with E-state index in [2.05, 4.69) is 9.72 Å². The van der Waals surface area contributed by atoms with Crippen molar-refractivity contribution in [3.63, 3.8) is 0 Å². The number of ether oxygens (including phenoxy) is 2. The first kappa shape index (κ1) is 14.3. The fourth-order valence-electron chi connectivity index (χ4n) is 1.54. The number of halogens is 2. The molecule has 0 amide bonds. The van der Waals surface area contributed by atoms with Gasteiger partial charge in [0.25, 0.3) is 6.43 Å². The van der Waals surface area contributed by atoms with Crippen LogP contribution in [-0.2, 0) is 22.5 Å². The smallest absolute Gasteiger partial charge is 0.309 e. The summed E-state index contributed by atoms with van der Waals surface area (Å²) in [5.41, 5.74) is 5.18. The van der Waals surface area contributed by atoms with Crippen molar-refractivity contribution in [1.82, 2.24) is 4.98 Å². The van der Waals surface area contributed by atoms with E-state index >= 15 is 0 Å². The van der Waals surface area contributed by atoms with Gasteiger partial charge < -0.3 is 15.2 Å². The van der Waals surface area contributed by atoms with Gasteiger partial charge in [0.1, 0.15) is 0 Å². The predicted molar refractivity (Wildman–Crippen MR) is 59.4 cm³/mol. The largest absolute Gasteiger partial charge is 0.481 e. The summed E-state index contributed by atoms with van der Waals surface area (Å²) in [6, 6.07) is 1.29. The molecule has 18 heavy (non-hydrogen) atoms. The van der Waals surface area contributed by atoms with Crippen molar-refractivity contribution in [2.45, 2.75) is 19.4 Å². The van der Waals surface area contributed by atoms with E-state index in [4.69, 9.17) is 10.5 Å². The Labute approximate surface area is 103 Å². The van der Waals surface area contributed by atoms with E-state index in [0.29, 0.717) is 0 Å². The molecule has 0 spiro atoms. The van der Waals surface area contributed by atoms with E-state index in [0.717, 1.165) is 0 Å². The first-order chi connectivity index (χ1) is 8.53. The van der Waals surface area contributed by atoms with Gasteiger partial charge in [-0.1, -0.05) is 0 Å². The van der Waals surface area contributed by atoms with Crippen molar-refractivity contribution in [3.05, 3.63) is 22.9 Å². The fourth-order valence-corrected chi connectivity index (χ4v) is 1.54. The van der Waals surface area contributed by atoms with Crippen LogP contribution in [0.1, 0.15) is 23.2 Å². The summed E-state index contributed by atoms with van der Waals surface area (Å²) in [6.07, 6.45) is -3.04. The van der Waals surface area contributed by atoms with Crippen LogP contribution in [0.4, 0.5) is 8.78 Å². The number of carbonyl (C=O) groups excluding carboxylic acids is 1. The standard InChI is InChI=1S/C11H14F2N2O3/c1-17-8-3-6(4-9(16)18-2)10(11(12)13)7(5-14)15-8/h3,11H,4-5,14H2,1-2H3. The molecule has 0 aromatic carbocycles. The molecule has 0 radical (unpaired) electrons. The van der Waals surface area contributed by atoms with Crippen molar-refractivity contribution < 1.29 is 23.0 Å². The van der Waals surface area contributed by atoms with E-state index in [1.54, 1.807) is 0 Å². The van der Waals surface area contributed by atoms with Gasteiger partial charge in [0.15, 0.2) is 0 Å². The maximum absolute atomic E-state index is 13.0. The van der Waals surface area contributed by atoms with Crippen LogP contribution in [0, 0.1) is 0 Å². The SMILES string of the molecule is COC(=O)Cc1cc(OC)nc(CN)c1C(F)F. The highest BCUT2D eigenvalue weighted by molar-refractivity contribution is 5.73. The maximum Gasteiger partial charge on any atom is 0.309 e. The summed E-state index contributed by atoms with van der Waals surface area (Å²) in [7, 11) is 2.54. The highest BCUT2D eigenvalue weighted by Crippen LogP contribution is 2.29. The van der Waals surface area contributed by atoms with E-state index in [9.17, 15) is 13.6 Å². The number of aromatic nitrogens is 1. The molecule has 0 fully saturated rings. The van der Waals surface area contributed by atoms with Gasteiger partial charge in [0, 0.05) is 18.2 Å². The van der Waals surface area contributed by atoms with Gasteiger partial charge in [-0.05, 0) is 5.56 Å². The van der Waals surface area contributed by atoms with Crippen LogP contribution >= 0.6 is 0 Å². The molecule has 0 aliphatic carbocycles. The topological polar surface area (TPSA) is 74.4 Å². The van der Waals surface area contributed by atoms with Gasteiger partial charge in [-0.15, -0.1) is 0 Å². The minimum absolute atomic E-state index is 0.0169. The van der Waals surface area contributed by atoms with Crippen molar-refractivity contribution >= 4 is 5.97 Å². The Morgan fingerprint density at radius 2 is 2.17 bits per heavy atom. The number of pyridine rings is 1. The van der Waals surface area contributed by atoms with Crippen LogP contribution in [0.5, 0.6) is 5.88 Å². The summed E-state index contributed by atoms with van der Waals surface area (Å²) < 4.78 is 35.3. The lowest BCUT2D eigenvalue weighted by Gasteiger charge is -2.13. The van der Waals surface area contributed by atoms with Crippen molar-refractivity contribution in [2.75, 3.05) is 14.2 Å². The first-order valence-electron chi connectivity index (χ1n) is 5.15. The van der Waals surface area contributed by atoms with Crippen LogP contribution in [0.3, 0.4) is 0 Å². The van der Waals surface area contributed by atoms with Crippen LogP contribution < -0.4 is 10.5 Å². The fraction of sp³-hybridized carbons (Fsp3) is 0.455. The lowest BCUT2D eigenvalue weighted by atomic mass is 10.0. The highest BCUT2D eigenvalue weighted by atomic mass is 19.3. The molecule has 0 unspecified atom stereocenters. The number of alkyl halides is 2. The quantitative estimate of drug-likeness (QED) is 0.805. The van der Waals surface area contributed by atoms with E-state index < -0.39 is 12.4 Å². The average Bonchev–Trinajstić information content (AvgIpc) is 2.36. The number of methoxy groups -OCH3 is 2. The molecule has 1 aromatic heterocycles. The predicted octanol–water partition coefficient (Wildman–Crippen LogP) is 1.20. The molecule has 0 aliphatic rings. The lowest BCUT2D eigenvalue weighted by molar-refractivity contribution is -0.139. The molecule has 2 N–H and O–H groups in total. The molecule has 0 aliphatic heterocycles. The second kappa shape index (κ2) is 6.25. The Bertz CT molecular complexity index is 439. The Balaban J connectivity index is 3.29. The van der Waals surface area contributed by atoms with E-state index in [1.807, 2.05) is 0 Å². The molecule has 1 heterocycles. The first-order valence-corrected chi connectivity index (χ1v) is 5.15. The minimum atomic E-state index is -2.76. The molecule has 5 nitrogen and oxygen atoms in total. The number of carbonyl (C=O) groups is 1. The van der Waals surface area contributed by atoms with Crippen LogP contribution in [0.15, 0.2) is 6.07 Å². The molecule has 0 bridgehead atoms. The average molecular weight is 260 g/mol. The Morgan fingerprint density at radius 3 is 2.61 bits per heavy atom. The zero-order chi connectivity index (χ0) is 13.7. The molecular formula is C11H14F2N2O3. The van der Waals surface area contributed by atoms with E-state index in [-0.39, 0.29) is 35.7 Å². The number of nitrogens with two attached hydrogens (primary N) is 1. The second-order valence-corrected chi connectivity index (χ2v) is 3.44. The Morgan fingerprint density at radius 1 is 1.50 bits per heavy atom. The molecule has 7 heteroatoms. The Kier molecular flexibility index (Phi) is 4.96. The number of hydrogen-bond acceptors (Lipinski definition) is 5. The summed E-state index contributed by atoms with van der Waals surface area (Å²) >= 11 is 0. The minimum Gasteiger partial charge on any atom is -0.481 e. The third-order valence-electron chi connectivity index (χ3n) is 2.38. The van der Waals surface area contributed by atoms with E-state index in [1.165, 1.54) is 20.3 Å². The van der Waals surface area contributed by atoms with Crippen molar-refractivity contribution in [3.8, 4) is 5.88 Å². The molecule has 100 valence electrons. The van der Waals surface area contributed by atoms with Gasteiger partial charge in [0.05, 0.1) is 26.3 Å². The molecule has 1 aromatic rings. The van der Waals surface area contributed by atoms with Crippen LogP contribution in [0.2, 0.25) is 0 Å². The lowest BCUT2D eigenvalue weighted by Crippen LogP contribution is -2.13. The molecular weight excluding hydrogens is 246 g/mol. The number of rotatable bonds is 5. The number of hydrogen-bond donors (Lipinski definition) is 1. The summed E-state index contributed by atoms with van der Waals surface area (Å²) in [5.74, 6) is -0.480. The van der Waals surface area contributed by atoms with Gasteiger partial charge >= 0.3 is 5.97 Å².